The van der Waals surface area contributed by atoms with Gasteiger partial charge in [-0.1, -0.05) is 22.9 Å². The van der Waals surface area contributed by atoms with Crippen molar-refractivity contribution in [2.45, 2.75) is 13.3 Å². The van der Waals surface area contributed by atoms with Crippen molar-refractivity contribution in [3.05, 3.63) is 23.9 Å². The lowest BCUT2D eigenvalue weighted by Crippen LogP contribution is -2.28. The first kappa shape index (κ1) is 12.4. The molecule has 0 spiro atoms. The average molecular weight is 279 g/mol. The fourth-order valence-electron chi connectivity index (χ4n) is 1.34. The molecule has 0 saturated heterocycles. The zero-order valence-corrected chi connectivity index (χ0v) is 10.1. The summed E-state index contributed by atoms with van der Waals surface area (Å²) in [6, 6.07) is 0.860. The Kier molecular flexibility index (Phi) is 4.94. The molecule has 0 aromatic carbocycles. The molecule has 1 heterocycles. The number of pyridine rings is 1. The average Bonchev–Trinajstić information content (AvgIpc) is 2.17. The van der Waals surface area contributed by atoms with Crippen LogP contribution in [0.2, 0.25) is 0 Å². The fraction of sp³-hybridized carbons (Fsp3) is 0.500. The molecular weight excluding hydrogens is 266 g/mol. The number of hydrogen-bond acceptors (Lipinski definition) is 2. The summed E-state index contributed by atoms with van der Waals surface area (Å²) in [6.07, 6.45) is 1.93. The van der Waals surface area contributed by atoms with Gasteiger partial charge in [0.2, 0.25) is 0 Å². The molecule has 2 nitrogen and oxygen atoms in total. The van der Waals surface area contributed by atoms with Crippen LogP contribution in [0.15, 0.2) is 12.3 Å². The third-order valence-corrected chi connectivity index (χ3v) is 2.29. The van der Waals surface area contributed by atoms with Gasteiger partial charge in [-0.15, -0.1) is 0 Å². The lowest BCUT2D eigenvalue weighted by molar-refractivity contribution is 0.567. The molecular formula is C10H13BrF2N2. The summed E-state index contributed by atoms with van der Waals surface area (Å²) in [4.78, 5) is 5.57. The predicted octanol–water partition coefficient (Wildman–Crippen LogP) is 2.97. The van der Waals surface area contributed by atoms with E-state index in [9.17, 15) is 8.78 Å². The molecule has 0 unspecified atom stereocenters. The molecule has 0 amide bonds. The number of aromatic nitrogens is 1. The van der Waals surface area contributed by atoms with Crippen molar-refractivity contribution < 1.29 is 8.78 Å². The molecule has 0 fully saturated rings. The van der Waals surface area contributed by atoms with E-state index >= 15 is 0 Å². The van der Waals surface area contributed by atoms with Gasteiger partial charge in [0, 0.05) is 24.5 Å². The van der Waals surface area contributed by atoms with Crippen molar-refractivity contribution in [3.8, 4) is 0 Å². The summed E-state index contributed by atoms with van der Waals surface area (Å²) in [5, 5.41) is 0.728. The van der Waals surface area contributed by atoms with E-state index in [0.29, 0.717) is 13.1 Å². The quantitative estimate of drug-likeness (QED) is 0.770. The molecule has 0 radical (unpaired) electrons. The van der Waals surface area contributed by atoms with Crippen molar-refractivity contribution in [2.24, 2.45) is 0 Å². The van der Waals surface area contributed by atoms with Crippen LogP contribution in [-0.2, 0) is 0 Å². The van der Waals surface area contributed by atoms with Gasteiger partial charge in [-0.25, -0.2) is 13.8 Å². The van der Waals surface area contributed by atoms with E-state index in [2.05, 4.69) is 20.9 Å². The second kappa shape index (κ2) is 6.00. The summed E-state index contributed by atoms with van der Waals surface area (Å²) in [5.74, 6) is -1.03. The minimum atomic E-state index is -0.647. The van der Waals surface area contributed by atoms with Crippen molar-refractivity contribution in [1.29, 1.82) is 0 Å². The summed E-state index contributed by atoms with van der Waals surface area (Å²) < 4.78 is 26.0. The van der Waals surface area contributed by atoms with Crippen LogP contribution in [0.5, 0.6) is 0 Å². The SMILES string of the molecule is CCCN(CCBr)c1ncc(F)cc1F. The van der Waals surface area contributed by atoms with Gasteiger partial charge >= 0.3 is 0 Å². The summed E-state index contributed by atoms with van der Waals surface area (Å²) in [7, 11) is 0. The monoisotopic (exact) mass is 278 g/mol. The predicted molar refractivity (Wildman–Crippen MR) is 60.5 cm³/mol. The lowest BCUT2D eigenvalue weighted by atomic mass is 10.3. The third kappa shape index (κ3) is 3.41. The molecule has 0 aliphatic rings. The minimum absolute atomic E-state index is 0.220. The Morgan fingerprint density at radius 3 is 2.67 bits per heavy atom. The Bertz CT molecular complexity index is 314. The number of halogens is 3. The molecule has 5 heteroatoms. The van der Waals surface area contributed by atoms with Gasteiger partial charge in [0.05, 0.1) is 6.20 Å². The van der Waals surface area contributed by atoms with Gasteiger partial charge in [-0.3, -0.25) is 0 Å². The molecule has 0 atom stereocenters. The topological polar surface area (TPSA) is 16.1 Å². The van der Waals surface area contributed by atoms with E-state index in [4.69, 9.17) is 0 Å². The summed E-state index contributed by atoms with van der Waals surface area (Å²) in [5.41, 5.74) is 0. The van der Waals surface area contributed by atoms with Gasteiger partial charge in [0.15, 0.2) is 11.6 Å². The Hall–Kier alpha value is -0.710. The standard InChI is InChI=1S/C10H13BrF2N2/c1-2-4-15(5-3-11)10-9(13)6-8(12)7-14-10/h6-7H,2-5H2,1H3. The Morgan fingerprint density at radius 1 is 1.40 bits per heavy atom. The molecule has 1 rings (SSSR count). The molecule has 15 heavy (non-hydrogen) atoms. The summed E-state index contributed by atoms with van der Waals surface area (Å²) in [6.45, 7) is 3.37. The summed E-state index contributed by atoms with van der Waals surface area (Å²) >= 11 is 3.29. The molecule has 0 aliphatic heterocycles. The highest BCUT2D eigenvalue weighted by Crippen LogP contribution is 2.17. The van der Waals surface area contributed by atoms with E-state index in [-0.39, 0.29) is 5.82 Å². The first-order valence-corrected chi connectivity index (χ1v) is 5.93. The maximum Gasteiger partial charge on any atom is 0.168 e. The second-order valence-corrected chi connectivity index (χ2v) is 3.93. The van der Waals surface area contributed by atoms with Crippen LogP contribution in [0.4, 0.5) is 14.6 Å². The van der Waals surface area contributed by atoms with Gasteiger partial charge in [-0.2, -0.15) is 0 Å². The van der Waals surface area contributed by atoms with E-state index in [1.54, 1.807) is 4.90 Å². The van der Waals surface area contributed by atoms with Gasteiger partial charge in [-0.05, 0) is 6.42 Å². The third-order valence-electron chi connectivity index (χ3n) is 1.94. The molecule has 1 aromatic heterocycles. The maximum absolute atomic E-state index is 13.4. The van der Waals surface area contributed by atoms with E-state index in [0.717, 1.165) is 24.0 Å². The zero-order valence-electron chi connectivity index (χ0n) is 8.51. The van der Waals surface area contributed by atoms with E-state index < -0.39 is 11.6 Å². The molecule has 0 bridgehead atoms. The highest BCUT2D eigenvalue weighted by atomic mass is 79.9. The van der Waals surface area contributed by atoms with Crippen LogP contribution in [0.1, 0.15) is 13.3 Å². The lowest BCUT2D eigenvalue weighted by Gasteiger charge is -2.22. The normalized spacial score (nSPS) is 10.4. The number of rotatable bonds is 5. The van der Waals surface area contributed by atoms with E-state index in [1.807, 2.05) is 6.92 Å². The first-order chi connectivity index (χ1) is 7.19. The zero-order chi connectivity index (χ0) is 11.3. The van der Waals surface area contributed by atoms with Gasteiger partial charge in [0.25, 0.3) is 0 Å². The largest absolute Gasteiger partial charge is 0.353 e. The molecule has 1 aromatic rings. The highest BCUT2D eigenvalue weighted by Gasteiger charge is 2.12. The van der Waals surface area contributed by atoms with Crippen molar-refractivity contribution in [3.63, 3.8) is 0 Å². The second-order valence-electron chi connectivity index (χ2n) is 3.13. The van der Waals surface area contributed by atoms with Crippen LogP contribution in [0.25, 0.3) is 0 Å². The number of anilines is 1. The highest BCUT2D eigenvalue weighted by molar-refractivity contribution is 9.09. The van der Waals surface area contributed by atoms with Crippen molar-refractivity contribution >= 4 is 21.7 Å². The smallest absolute Gasteiger partial charge is 0.168 e. The van der Waals surface area contributed by atoms with Crippen LogP contribution in [0, 0.1) is 11.6 Å². The number of hydrogen-bond donors (Lipinski definition) is 0. The van der Waals surface area contributed by atoms with Gasteiger partial charge < -0.3 is 4.90 Å². The number of alkyl halides is 1. The van der Waals surface area contributed by atoms with Crippen LogP contribution >= 0.6 is 15.9 Å². The van der Waals surface area contributed by atoms with E-state index in [1.165, 1.54) is 0 Å². The molecule has 0 aliphatic carbocycles. The number of nitrogens with zero attached hydrogens (tertiary/aromatic N) is 2. The van der Waals surface area contributed by atoms with Crippen LogP contribution < -0.4 is 4.90 Å². The maximum atomic E-state index is 13.4. The van der Waals surface area contributed by atoms with Crippen molar-refractivity contribution in [1.82, 2.24) is 4.98 Å². The fourth-order valence-corrected chi connectivity index (χ4v) is 1.76. The van der Waals surface area contributed by atoms with Crippen LogP contribution in [0.3, 0.4) is 0 Å². The first-order valence-electron chi connectivity index (χ1n) is 4.81. The Morgan fingerprint density at radius 2 is 2.13 bits per heavy atom. The molecule has 0 saturated carbocycles. The van der Waals surface area contributed by atoms with Crippen LogP contribution in [-0.4, -0.2) is 23.4 Å². The Labute approximate surface area is 96.4 Å². The van der Waals surface area contributed by atoms with Crippen molar-refractivity contribution in [2.75, 3.05) is 23.3 Å². The molecule has 84 valence electrons. The Balaban J connectivity index is 2.89. The molecule has 0 N–H and O–H groups in total. The minimum Gasteiger partial charge on any atom is -0.353 e. The van der Waals surface area contributed by atoms with Gasteiger partial charge in [0.1, 0.15) is 5.82 Å².